The molecule has 0 radical (unpaired) electrons. The molecule has 0 spiro atoms. The molecule has 1 heterocycles. The minimum atomic E-state index is 0.564. The minimum absolute atomic E-state index is 0.564. The first kappa shape index (κ1) is 8.38. The van der Waals surface area contributed by atoms with Gasteiger partial charge in [0.2, 0.25) is 0 Å². The van der Waals surface area contributed by atoms with Gasteiger partial charge in [-0.05, 0) is 30.0 Å². The molecule has 13 heavy (non-hydrogen) atoms. The quantitative estimate of drug-likeness (QED) is 0.756. The molecule has 0 aromatic heterocycles. The molecule has 2 rings (SSSR count). The highest BCUT2D eigenvalue weighted by Crippen LogP contribution is 2.33. The van der Waals surface area contributed by atoms with Crippen LogP contribution in [0.3, 0.4) is 0 Å². The van der Waals surface area contributed by atoms with Crippen molar-refractivity contribution < 1.29 is 9.68 Å². The van der Waals surface area contributed by atoms with E-state index in [9.17, 15) is 0 Å². The maximum atomic E-state index is 5.06. The number of hydrogen-bond acceptors (Lipinski definition) is 3. The molecule has 0 fully saturated rings. The average Bonchev–Trinajstić information content (AvgIpc) is 2.63. The summed E-state index contributed by atoms with van der Waals surface area (Å²) in [6.07, 6.45) is 1.13. The van der Waals surface area contributed by atoms with Crippen LogP contribution in [0, 0.1) is 0 Å². The molecular formula is C10H13NO2. The zero-order valence-electron chi connectivity index (χ0n) is 7.83. The molecule has 1 aromatic carbocycles. The Morgan fingerprint density at radius 3 is 2.85 bits per heavy atom. The van der Waals surface area contributed by atoms with E-state index in [1.54, 1.807) is 0 Å². The fraction of sp³-hybridized carbons (Fsp3) is 0.400. The second-order valence-electron chi connectivity index (χ2n) is 3.30. The summed E-state index contributed by atoms with van der Waals surface area (Å²) >= 11 is 0. The van der Waals surface area contributed by atoms with Crippen molar-refractivity contribution in [3.05, 3.63) is 23.8 Å². The third kappa shape index (κ3) is 1.47. The largest absolute Gasteiger partial charge is 0.370 e. The Bertz CT molecular complexity index is 312. The van der Waals surface area contributed by atoms with Crippen LogP contribution in [0.1, 0.15) is 31.7 Å². The molecule has 1 N–H and O–H groups in total. The number of fused-ring (bicyclic) bond motifs is 1. The Kier molecular flexibility index (Phi) is 2.10. The van der Waals surface area contributed by atoms with E-state index >= 15 is 0 Å². The summed E-state index contributed by atoms with van der Waals surface area (Å²) in [5.41, 5.74) is 3.66. The van der Waals surface area contributed by atoms with Gasteiger partial charge in [0.25, 0.3) is 0 Å². The molecule has 0 bridgehead atoms. The van der Waals surface area contributed by atoms with E-state index in [-0.39, 0.29) is 0 Å². The van der Waals surface area contributed by atoms with Gasteiger partial charge in [-0.2, -0.15) is 0 Å². The van der Waals surface area contributed by atoms with E-state index in [0.717, 1.165) is 17.9 Å². The molecule has 70 valence electrons. The third-order valence-electron chi connectivity index (χ3n) is 2.45. The van der Waals surface area contributed by atoms with Crippen molar-refractivity contribution in [1.29, 1.82) is 0 Å². The molecule has 0 saturated carbocycles. The molecule has 3 nitrogen and oxygen atoms in total. The predicted molar refractivity (Wildman–Crippen MR) is 49.5 cm³/mol. The van der Waals surface area contributed by atoms with Crippen LogP contribution >= 0.6 is 0 Å². The molecule has 0 amide bonds. The molecule has 1 unspecified atom stereocenters. The number of benzene rings is 1. The van der Waals surface area contributed by atoms with Gasteiger partial charge in [-0.1, -0.05) is 19.9 Å². The SMILES string of the molecule is CCC(C)c1ccc2c(c1)ONO2. The lowest BCUT2D eigenvalue weighted by Crippen LogP contribution is -2.14. The summed E-state index contributed by atoms with van der Waals surface area (Å²) < 4.78 is 0. The van der Waals surface area contributed by atoms with Crippen LogP contribution in [0.5, 0.6) is 11.5 Å². The van der Waals surface area contributed by atoms with Gasteiger partial charge < -0.3 is 9.68 Å². The maximum Gasteiger partial charge on any atom is 0.196 e. The van der Waals surface area contributed by atoms with Crippen molar-refractivity contribution in [2.45, 2.75) is 26.2 Å². The Balaban J connectivity index is 2.30. The van der Waals surface area contributed by atoms with Gasteiger partial charge in [-0.25, -0.2) is 0 Å². The van der Waals surface area contributed by atoms with Crippen LogP contribution < -0.4 is 15.3 Å². The van der Waals surface area contributed by atoms with Crippen molar-refractivity contribution in [3.63, 3.8) is 0 Å². The zero-order chi connectivity index (χ0) is 9.26. The summed E-state index contributed by atoms with van der Waals surface area (Å²) in [6, 6.07) is 6.02. The molecule has 3 heteroatoms. The average molecular weight is 179 g/mol. The van der Waals surface area contributed by atoms with Crippen LogP contribution in [-0.2, 0) is 0 Å². The first-order chi connectivity index (χ1) is 6.31. The van der Waals surface area contributed by atoms with Crippen molar-refractivity contribution in [2.24, 2.45) is 0 Å². The Hall–Kier alpha value is -1.22. The monoisotopic (exact) mass is 179 g/mol. The summed E-state index contributed by atoms with van der Waals surface area (Å²) in [6.45, 7) is 4.37. The van der Waals surface area contributed by atoms with Crippen LogP contribution in [0.4, 0.5) is 0 Å². The van der Waals surface area contributed by atoms with E-state index in [1.165, 1.54) is 5.56 Å². The second-order valence-corrected chi connectivity index (χ2v) is 3.30. The highest BCUT2D eigenvalue weighted by Gasteiger charge is 2.15. The summed E-state index contributed by atoms with van der Waals surface area (Å²) in [5, 5.41) is 0. The molecule has 1 atom stereocenters. The zero-order valence-corrected chi connectivity index (χ0v) is 7.83. The first-order valence-electron chi connectivity index (χ1n) is 4.54. The van der Waals surface area contributed by atoms with Crippen LogP contribution in [0.25, 0.3) is 0 Å². The number of hydrogen-bond donors (Lipinski definition) is 1. The maximum absolute atomic E-state index is 5.06. The third-order valence-corrected chi connectivity index (χ3v) is 2.45. The normalized spacial score (nSPS) is 15.8. The summed E-state index contributed by atoms with van der Waals surface area (Å²) in [5.74, 6) is 2.10. The van der Waals surface area contributed by atoms with Crippen LogP contribution in [0.15, 0.2) is 18.2 Å². The van der Waals surface area contributed by atoms with Gasteiger partial charge in [0.15, 0.2) is 11.5 Å². The van der Waals surface area contributed by atoms with Crippen LogP contribution in [0.2, 0.25) is 0 Å². The predicted octanol–water partition coefficient (Wildman–Crippen LogP) is 2.39. The van der Waals surface area contributed by atoms with Crippen molar-refractivity contribution in [3.8, 4) is 11.5 Å². The lowest BCUT2D eigenvalue weighted by molar-refractivity contribution is 0.0259. The van der Waals surface area contributed by atoms with E-state index < -0.39 is 0 Å². The highest BCUT2D eigenvalue weighted by atomic mass is 16.9. The fourth-order valence-corrected chi connectivity index (χ4v) is 1.34. The number of rotatable bonds is 2. The van der Waals surface area contributed by atoms with Gasteiger partial charge in [0.05, 0.1) is 0 Å². The van der Waals surface area contributed by atoms with Gasteiger partial charge in [-0.3, -0.25) is 0 Å². The highest BCUT2D eigenvalue weighted by molar-refractivity contribution is 5.44. The molecular weight excluding hydrogens is 166 g/mol. The lowest BCUT2D eigenvalue weighted by atomic mass is 9.98. The Morgan fingerprint density at radius 2 is 2.08 bits per heavy atom. The van der Waals surface area contributed by atoms with Gasteiger partial charge >= 0.3 is 0 Å². The molecule has 1 aliphatic rings. The lowest BCUT2D eigenvalue weighted by Gasteiger charge is -2.08. The van der Waals surface area contributed by atoms with Gasteiger partial charge in [0.1, 0.15) is 0 Å². The Morgan fingerprint density at radius 1 is 1.31 bits per heavy atom. The standard InChI is InChI=1S/C10H13NO2/c1-3-7(2)8-4-5-9-10(6-8)13-11-12-9/h4-7,11H,3H2,1-2H3. The fourth-order valence-electron chi connectivity index (χ4n) is 1.34. The van der Waals surface area contributed by atoms with E-state index in [1.807, 2.05) is 12.1 Å². The minimum Gasteiger partial charge on any atom is -0.370 e. The summed E-state index contributed by atoms with van der Waals surface area (Å²) in [7, 11) is 0. The second kappa shape index (κ2) is 3.26. The summed E-state index contributed by atoms with van der Waals surface area (Å²) in [4.78, 5) is 10.1. The van der Waals surface area contributed by atoms with Crippen molar-refractivity contribution >= 4 is 0 Å². The van der Waals surface area contributed by atoms with Crippen molar-refractivity contribution in [1.82, 2.24) is 5.64 Å². The molecule has 1 aliphatic heterocycles. The first-order valence-corrected chi connectivity index (χ1v) is 4.54. The topological polar surface area (TPSA) is 30.5 Å². The van der Waals surface area contributed by atoms with Crippen LogP contribution in [-0.4, -0.2) is 0 Å². The number of nitrogens with one attached hydrogen (secondary N) is 1. The molecule has 0 aliphatic carbocycles. The van der Waals surface area contributed by atoms with Crippen molar-refractivity contribution in [2.75, 3.05) is 0 Å². The van der Waals surface area contributed by atoms with Gasteiger partial charge in [0, 0.05) is 5.64 Å². The van der Waals surface area contributed by atoms with E-state index in [4.69, 9.17) is 9.68 Å². The van der Waals surface area contributed by atoms with E-state index in [0.29, 0.717) is 5.92 Å². The van der Waals surface area contributed by atoms with Gasteiger partial charge in [-0.15, -0.1) is 0 Å². The smallest absolute Gasteiger partial charge is 0.196 e. The molecule has 0 saturated heterocycles. The van der Waals surface area contributed by atoms with E-state index in [2.05, 4.69) is 25.6 Å². The Labute approximate surface area is 77.6 Å². The molecule has 1 aromatic rings.